The molecule has 0 aliphatic rings. The van der Waals surface area contributed by atoms with E-state index in [0.29, 0.717) is 5.92 Å². The molecule has 5 heteroatoms. The first kappa shape index (κ1) is 11.7. The van der Waals surface area contributed by atoms with E-state index in [1.165, 1.54) is 6.42 Å². The first-order chi connectivity index (χ1) is 6.06. The van der Waals surface area contributed by atoms with Crippen LogP contribution in [0.3, 0.4) is 0 Å². The molecule has 1 heterocycles. The minimum atomic E-state index is 0.661. The van der Waals surface area contributed by atoms with Crippen LogP contribution in [0.15, 0.2) is 13.9 Å². The molecule has 2 nitrogen and oxygen atoms in total. The third kappa shape index (κ3) is 2.80. The molecule has 0 radical (unpaired) electrons. The summed E-state index contributed by atoms with van der Waals surface area (Å²) in [5.74, 6) is 0.661. The summed E-state index contributed by atoms with van der Waals surface area (Å²) in [5.41, 5.74) is 0. The second-order valence-corrected chi connectivity index (χ2v) is 5.30. The van der Waals surface area contributed by atoms with Crippen LogP contribution in [0.2, 0.25) is 0 Å². The van der Waals surface area contributed by atoms with Gasteiger partial charge in [-0.15, -0.1) is 0 Å². The quantitative estimate of drug-likeness (QED) is 0.774. The molecule has 13 heavy (non-hydrogen) atoms. The van der Waals surface area contributed by atoms with Crippen molar-refractivity contribution in [3.8, 4) is 0 Å². The van der Waals surface area contributed by atoms with Crippen molar-refractivity contribution >= 4 is 47.8 Å². The maximum absolute atomic E-state index is 4.25. The standard InChI is InChI=1S/C8H11Br3N2/c1-3-5(2)4-13-7(10)6(9)12-8(13)11/h5H,3-4H2,1-2H3. The van der Waals surface area contributed by atoms with Gasteiger partial charge in [0.2, 0.25) is 0 Å². The Bertz CT molecular complexity index is 296. The van der Waals surface area contributed by atoms with Crippen LogP contribution in [0.25, 0.3) is 0 Å². The van der Waals surface area contributed by atoms with Gasteiger partial charge in [-0.25, -0.2) is 4.98 Å². The lowest BCUT2D eigenvalue weighted by molar-refractivity contribution is 0.458. The van der Waals surface area contributed by atoms with Gasteiger partial charge in [-0.1, -0.05) is 20.3 Å². The largest absolute Gasteiger partial charge is 0.312 e. The Morgan fingerprint density at radius 3 is 2.38 bits per heavy atom. The van der Waals surface area contributed by atoms with Gasteiger partial charge in [0.1, 0.15) is 9.21 Å². The predicted molar refractivity (Wildman–Crippen MR) is 64.8 cm³/mol. The summed E-state index contributed by atoms with van der Waals surface area (Å²) < 4.78 is 4.83. The van der Waals surface area contributed by atoms with E-state index >= 15 is 0 Å². The maximum Gasteiger partial charge on any atom is 0.179 e. The highest BCUT2D eigenvalue weighted by Crippen LogP contribution is 2.27. The van der Waals surface area contributed by atoms with Gasteiger partial charge in [0.15, 0.2) is 4.73 Å². The van der Waals surface area contributed by atoms with E-state index in [9.17, 15) is 0 Å². The van der Waals surface area contributed by atoms with Crippen LogP contribution in [0.4, 0.5) is 0 Å². The number of rotatable bonds is 3. The molecule has 1 unspecified atom stereocenters. The zero-order valence-electron chi connectivity index (χ0n) is 7.52. The highest BCUT2D eigenvalue weighted by Gasteiger charge is 2.12. The molecule has 1 aromatic heterocycles. The van der Waals surface area contributed by atoms with Crippen molar-refractivity contribution in [2.24, 2.45) is 5.92 Å². The highest BCUT2D eigenvalue weighted by atomic mass is 79.9. The fraction of sp³-hybridized carbons (Fsp3) is 0.625. The van der Waals surface area contributed by atoms with E-state index < -0.39 is 0 Å². The van der Waals surface area contributed by atoms with Crippen LogP contribution in [0.1, 0.15) is 20.3 Å². The molecule has 0 amide bonds. The molecule has 0 saturated carbocycles. The SMILES string of the molecule is CCC(C)Cn1c(Br)nc(Br)c1Br. The molecule has 0 spiro atoms. The molecule has 74 valence electrons. The maximum atomic E-state index is 4.25. The lowest BCUT2D eigenvalue weighted by Gasteiger charge is -2.11. The number of nitrogens with zero attached hydrogens (tertiary/aromatic N) is 2. The van der Waals surface area contributed by atoms with Gasteiger partial charge in [-0.3, -0.25) is 0 Å². The Labute approximate surface area is 103 Å². The lowest BCUT2D eigenvalue weighted by Crippen LogP contribution is -2.07. The molecule has 0 saturated heterocycles. The van der Waals surface area contributed by atoms with E-state index in [1.807, 2.05) is 0 Å². The van der Waals surface area contributed by atoms with Gasteiger partial charge < -0.3 is 4.57 Å². The van der Waals surface area contributed by atoms with Crippen LogP contribution in [0.5, 0.6) is 0 Å². The van der Waals surface area contributed by atoms with Crippen molar-refractivity contribution in [1.82, 2.24) is 9.55 Å². The first-order valence-electron chi connectivity index (χ1n) is 4.13. The van der Waals surface area contributed by atoms with Crippen molar-refractivity contribution in [2.75, 3.05) is 0 Å². The molecule has 0 aliphatic carbocycles. The Kier molecular flexibility index (Phi) is 4.45. The average molecular weight is 375 g/mol. The average Bonchev–Trinajstić information content (AvgIpc) is 2.32. The van der Waals surface area contributed by atoms with E-state index in [1.54, 1.807) is 0 Å². The Morgan fingerprint density at radius 1 is 1.38 bits per heavy atom. The number of aromatic nitrogens is 2. The summed E-state index contributed by atoms with van der Waals surface area (Å²) in [6.07, 6.45) is 1.18. The van der Waals surface area contributed by atoms with Crippen LogP contribution in [-0.2, 0) is 6.54 Å². The van der Waals surface area contributed by atoms with Crippen molar-refractivity contribution in [1.29, 1.82) is 0 Å². The van der Waals surface area contributed by atoms with Gasteiger partial charge in [0.25, 0.3) is 0 Å². The van der Waals surface area contributed by atoms with E-state index in [-0.39, 0.29) is 0 Å². The number of hydrogen-bond donors (Lipinski definition) is 0. The molecule has 0 aliphatic heterocycles. The smallest absolute Gasteiger partial charge is 0.179 e. The van der Waals surface area contributed by atoms with Gasteiger partial charge in [0, 0.05) is 6.54 Å². The Balaban J connectivity index is 2.87. The molecule has 0 N–H and O–H groups in total. The summed E-state index contributed by atoms with van der Waals surface area (Å²) in [4.78, 5) is 4.25. The van der Waals surface area contributed by atoms with Crippen molar-refractivity contribution < 1.29 is 0 Å². The Morgan fingerprint density at radius 2 is 2.00 bits per heavy atom. The van der Waals surface area contributed by atoms with Gasteiger partial charge in [0.05, 0.1) is 0 Å². The molecular formula is C8H11Br3N2. The third-order valence-electron chi connectivity index (χ3n) is 2.01. The van der Waals surface area contributed by atoms with Crippen LogP contribution in [0, 0.1) is 5.92 Å². The minimum absolute atomic E-state index is 0.661. The van der Waals surface area contributed by atoms with Crippen LogP contribution >= 0.6 is 47.8 Å². The summed E-state index contributed by atoms with van der Waals surface area (Å²) in [6.45, 7) is 5.40. The topological polar surface area (TPSA) is 17.8 Å². The molecule has 0 fully saturated rings. The number of hydrogen-bond acceptors (Lipinski definition) is 1. The van der Waals surface area contributed by atoms with E-state index in [4.69, 9.17) is 0 Å². The summed E-state index contributed by atoms with van der Waals surface area (Å²) in [7, 11) is 0. The monoisotopic (exact) mass is 372 g/mol. The van der Waals surface area contributed by atoms with E-state index in [0.717, 1.165) is 20.5 Å². The number of imidazole rings is 1. The second kappa shape index (κ2) is 4.94. The molecular weight excluding hydrogens is 364 g/mol. The second-order valence-electron chi connectivity index (χ2n) is 3.09. The summed E-state index contributed by atoms with van der Waals surface area (Å²) in [5, 5.41) is 0. The zero-order valence-corrected chi connectivity index (χ0v) is 12.3. The van der Waals surface area contributed by atoms with Crippen molar-refractivity contribution in [2.45, 2.75) is 26.8 Å². The fourth-order valence-corrected chi connectivity index (χ4v) is 2.73. The molecule has 1 atom stereocenters. The summed E-state index contributed by atoms with van der Waals surface area (Å²) in [6, 6.07) is 0. The lowest BCUT2D eigenvalue weighted by atomic mass is 10.1. The fourth-order valence-electron chi connectivity index (χ4n) is 0.976. The Hall–Kier alpha value is 0.650. The zero-order chi connectivity index (χ0) is 10.0. The van der Waals surface area contributed by atoms with Crippen LogP contribution in [-0.4, -0.2) is 9.55 Å². The summed E-state index contributed by atoms with van der Waals surface area (Å²) >= 11 is 10.3. The molecule has 0 bridgehead atoms. The van der Waals surface area contributed by atoms with Gasteiger partial charge >= 0.3 is 0 Å². The van der Waals surface area contributed by atoms with Gasteiger partial charge in [-0.05, 0) is 53.7 Å². The molecule has 1 rings (SSSR count). The van der Waals surface area contributed by atoms with Crippen molar-refractivity contribution in [3.63, 3.8) is 0 Å². The normalized spacial score (nSPS) is 13.3. The first-order valence-corrected chi connectivity index (χ1v) is 6.51. The number of halogens is 3. The van der Waals surface area contributed by atoms with Gasteiger partial charge in [-0.2, -0.15) is 0 Å². The molecule has 0 aromatic carbocycles. The molecule has 1 aromatic rings. The highest BCUT2D eigenvalue weighted by molar-refractivity contribution is 9.13. The minimum Gasteiger partial charge on any atom is -0.312 e. The predicted octanol–water partition coefficient (Wildman–Crippen LogP) is 4.22. The van der Waals surface area contributed by atoms with E-state index in [2.05, 4.69) is 71.2 Å². The van der Waals surface area contributed by atoms with Crippen LogP contribution < -0.4 is 0 Å². The third-order valence-corrected chi connectivity index (χ3v) is 4.51. The van der Waals surface area contributed by atoms with Crippen molar-refractivity contribution in [3.05, 3.63) is 13.9 Å².